The van der Waals surface area contributed by atoms with Crippen LogP contribution in [0.15, 0.2) is 41.3 Å². The first-order chi connectivity index (χ1) is 10.2. The minimum Gasteiger partial charge on any atom is -0.374 e. The summed E-state index contributed by atoms with van der Waals surface area (Å²) < 4.78 is 62.0. The van der Waals surface area contributed by atoms with E-state index in [0.717, 1.165) is 18.2 Å². The predicted octanol–water partition coefficient (Wildman–Crippen LogP) is 1.94. The molecular formula is C14H14F3NO3S. The Labute approximate surface area is 125 Å². The van der Waals surface area contributed by atoms with Gasteiger partial charge in [-0.25, -0.2) is 8.42 Å². The summed E-state index contributed by atoms with van der Waals surface area (Å²) in [5.74, 6) is -0.164. The number of alkyl halides is 3. The summed E-state index contributed by atoms with van der Waals surface area (Å²) in [5.41, 5.74) is -0.891. The minimum atomic E-state index is -4.49. The Hall–Kier alpha value is -1.64. The van der Waals surface area contributed by atoms with E-state index in [4.69, 9.17) is 0 Å². The number of rotatable bonds is 2. The van der Waals surface area contributed by atoms with Crippen molar-refractivity contribution in [2.24, 2.45) is 0 Å². The van der Waals surface area contributed by atoms with Gasteiger partial charge >= 0.3 is 6.18 Å². The lowest BCUT2D eigenvalue weighted by Crippen LogP contribution is -2.43. The second-order valence-corrected chi connectivity index (χ2v) is 6.80. The number of benzene rings is 1. The summed E-state index contributed by atoms with van der Waals surface area (Å²) in [5, 5.41) is 12.2. The van der Waals surface area contributed by atoms with Crippen LogP contribution < -0.4 is 5.32 Å². The first-order valence-electron chi connectivity index (χ1n) is 6.40. The van der Waals surface area contributed by atoms with Crippen molar-refractivity contribution in [2.75, 3.05) is 12.3 Å². The quantitative estimate of drug-likeness (QED) is 0.868. The SMILES string of the molecule is O=S1(=O)CCNC(O)/C1=C\C=C\c1ccccc1C(F)(F)F. The summed E-state index contributed by atoms with van der Waals surface area (Å²) in [6, 6.07) is 4.95. The fourth-order valence-electron chi connectivity index (χ4n) is 2.06. The van der Waals surface area contributed by atoms with Gasteiger partial charge in [-0.05, 0) is 17.7 Å². The molecule has 0 radical (unpaired) electrons. The lowest BCUT2D eigenvalue weighted by Gasteiger charge is -2.21. The molecule has 2 N–H and O–H groups in total. The third-order valence-electron chi connectivity index (χ3n) is 3.14. The van der Waals surface area contributed by atoms with E-state index in [1.165, 1.54) is 24.3 Å². The second-order valence-electron chi connectivity index (χ2n) is 4.69. The van der Waals surface area contributed by atoms with Crippen LogP contribution in [0.25, 0.3) is 6.08 Å². The van der Waals surface area contributed by atoms with Gasteiger partial charge in [0.2, 0.25) is 0 Å². The Balaban J connectivity index is 2.32. The molecule has 0 amide bonds. The molecule has 0 aromatic heterocycles. The number of halogens is 3. The number of hydrogen-bond acceptors (Lipinski definition) is 4. The lowest BCUT2D eigenvalue weighted by atomic mass is 10.1. The zero-order valence-corrected chi connectivity index (χ0v) is 12.2. The first kappa shape index (κ1) is 16.7. The van der Waals surface area contributed by atoms with Gasteiger partial charge in [0.05, 0.1) is 16.2 Å². The molecule has 1 saturated heterocycles. The Morgan fingerprint density at radius 3 is 2.59 bits per heavy atom. The van der Waals surface area contributed by atoms with Gasteiger partial charge in [-0.1, -0.05) is 30.4 Å². The van der Waals surface area contributed by atoms with E-state index >= 15 is 0 Å². The summed E-state index contributed by atoms with van der Waals surface area (Å²) >= 11 is 0. The highest BCUT2D eigenvalue weighted by Crippen LogP contribution is 2.32. The molecule has 1 aromatic carbocycles. The molecule has 4 nitrogen and oxygen atoms in total. The van der Waals surface area contributed by atoms with Gasteiger partial charge in [-0.15, -0.1) is 0 Å². The topological polar surface area (TPSA) is 66.4 Å². The molecule has 1 atom stereocenters. The lowest BCUT2D eigenvalue weighted by molar-refractivity contribution is -0.137. The van der Waals surface area contributed by atoms with Crippen molar-refractivity contribution in [2.45, 2.75) is 12.4 Å². The predicted molar refractivity (Wildman–Crippen MR) is 76.4 cm³/mol. The first-order valence-corrected chi connectivity index (χ1v) is 8.06. The van der Waals surface area contributed by atoms with Crippen LogP contribution in [0.1, 0.15) is 11.1 Å². The smallest absolute Gasteiger partial charge is 0.374 e. The van der Waals surface area contributed by atoms with Crippen molar-refractivity contribution >= 4 is 15.9 Å². The number of hydrogen-bond donors (Lipinski definition) is 2. The molecule has 0 spiro atoms. The molecule has 2 rings (SSSR count). The van der Waals surface area contributed by atoms with Crippen LogP contribution in [0.4, 0.5) is 13.2 Å². The van der Waals surface area contributed by atoms with Crippen LogP contribution in [0.5, 0.6) is 0 Å². The van der Waals surface area contributed by atoms with Crippen molar-refractivity contribution in [3.63, 3.8) is 0 Å². The number of allylic oxidation sites excluding steroid dienone is 2. The van der Waals surface area contributed by atoms with Crippen molar-refractivity contribution in [1.29, 1.82) is 0 Å². The zero-order chi connectivity index (χ0) is 16.4. The van der Waals surface area contributed by atoms with Crippen LogP contribution in [0.3, 0.4) is 0 Å². The Morgan fingerprint density at radius 1 is 1.27 bits per heavy atom. The standard InChI is InChI=1S/C14H14F3NO3S/c15-14(16,17)11-6-2-1-4-10(11)5-3-7-12-13(19)18-8-9-22(12,20)21/h1-7,13,18-19H,8-9H2/b5-3+,12-7+. The van der Waals surface area contributed by atoms with E-state index < -0.39 is 27.8 Å². The van der Waals surface area contributed by atoms with Gasteiger partial charge < -0.3 is 5.11 Å². The minimum absolute atomic E-state index is 0.0810. The van der Waals surface area contributed by atoms with Crippen molar-refractivity contribution in [3.8, 4) is 0 Å². The molecule has 0 bridgehead atoms. The van der Waals surface area contributed by atoms with Crippen LogP contribution >= 0.6 is 0 Å². The largest absolute Gasteiger partial charge is 0.416 e. The molecule has 1 unspecified atom stereocenters. The number of nitrogens with one attached hydrogen (secondary N) is 1. The number of sulfone groups is 1. The Morgan fingerprint density at radius 2 is 1.95 bits per heavy atom. The molecule has 22 heavy (non-hydrogen) atoms. The monoisotopic (exact) mass is 333 g/mol. The highest BCUT2D eigenvalue weighted by molar-refractivity contribution is 7.95. The van der Waals surface area contributed by atoms with Gasteiger partial charge in [-0.2, -0.15) is 13.2 Å². The normalized spacial score (nSPS) is 24.0. The molecule has 1 aliphatic rings. The molecule has 1 aliphatic heterocycles. The van der Waals surface area contributed by atoms with Crippen LogP contribution in [-0.4, -0.2) is 32.0 Å². The van der Waals surface area contributed by atoms with Gasteiger partial charge in [0.1, 0.15) is 6.23 Å². The van der Waals surface area contributed by atoms with Gasteiger partial charge in [0.25, 0.3) is 0 Å². The molecule has 120 valence electrons. The second kappa shape index (κ2) is 6.23. The highest BCUT2D eigenvalue weighted by Gasteiger charge is 2.32. The molecule has 8 heteroatoms. The zero-order valence-electron chi connectivity index (χ0n) is 11.3. The molecule has 1 aromatic rings. The summed E-state index contributed by atoms with van der Waals surface area (Å²) in [6.45, 7) is 0.126. The van der Waals surface area contributed by atoms with Crippen LogP contribution in [-0.2, 0) is 16.0 Å². The van der Waals surface area contributed by atoms with Crippen molar-refractivity contribution < 1.29 is 26.7 Å². The summed E-state index contributed by atoms with van der Waals surface area (Å²) in [4.78, 5) is -0.250. The maximum Gasteiger partial charge on any atom is 0.416 e. The van der Waals surface area contributed by atoms with Crippen LogP contribution in [0.2, 0.25) is 0 Å². The van der Waals surface area contributed by atoms with E-state index in [2.05, 4.69) is 5.32 Å². The summed E-state index contributed by atoms with van der Waals surface area (Å²) in [6.07, 6.45) is -2.38. The van der Waals surface area contributed by atoms with Gasteiger partial charge in [-0.3, -0.25) is 5.32 Å². The average molecular weight is 333 g/mol. The van der Waals surface area contributed by atoms with E-state index in [0.29, 0.717) is 0 Å². The fourth-order valence-corrected chi connectivity index (χ4v) is 3.39. The van der Waals surface area contributed by atoms with E-state index in [-0.39, 0.29) is 22.8 Å². The molecule has 1 fully saturated rings. The van der Waals surface area contributed by atoms with Gasteiger partial charge in [0.15, 0.2) is 9.84 Å². The molecule has 1 heterocycles. The van der Waals surface area contributed by atoms with Gasteiger partial charge in [0, 0.05) is 6.54 Å². The molecule has 0 aliphatic carbocycles. The third-order valence-corrected chi connectivity index (χ3v) is 4.96. The van der Waals surface area contributed by atoms with Crippen molar-refractivity contribution in [1.82, 2.24) is 5.32 Å². The maximum atomic E-state index is 12.8. The van der Waals surface area contributed by atoms with E-state index in [1.807, 2.05) is 0 Å². The maximum absolute atomic E-state index is 12.8. The fraction of sp³-hybridized carbons (Fsp3) is 0.286. The van der Waals surface area contributed by atoms with E-state index in [9.17, 15) is 26.7 Å². The summed E-state index contributed by atoms with van der Waals surface area (Å²) in [7, 11) is -3.59. The average Bonchev–Trinajstić information content (AvgIpc) is 2.41. The Kier molecular flexibility index (Phi) is 4.74. The highest BCUT2D eigenvalue weighted by atomic mass is 32.2. The molecular weight excluding hydrogens is 319 g/mol. The Bertz CT molecular complexity index is 708. The van der Waals surface area contributed by atoms with E-state index in [1.54, 1.807) is 0 Å². The van der Waals surface area contributed by atoms with Crippen LogP contribution in [0, 0.1) is 0 Å². The molecule has 0 saturated carbocycles. The number of aliphatic hydroxyl groups is 1. The third kappa shape index (κ3) is 3.76. The van der Waals surface area contributed by atoms with Crippen molar-refractivity contribution in [3.05, 3.63) is 52.4 Å². The number of aliphatic hydroxyl groups excluding tert-OH is 1.